The predicted molar refractivity (Wildman–Crippen MR) is 108 cm³/mol. The van der Waals surface area contributed by atoms with Crippen LogP contribution in [-0.2, 0) is 13.1 Å². The number of ether oxygens (including phenoxy) is 1. The number of amides is 1. The minimum Gasteiger partial charge on any atom is -0.497 e. The molecule has 0 saturated heterocycles. The van der Waals surface area contributed by atoms with E-state index in [0.717, 1.165) is 17.7 Å². The van der Waals surface area contributed by atoms with Crippen molar-refractivity contribution in [3.63, 3.8) is 0 Å². The number of nitrogens with zero attached hydrogens (tertiary/aromatic N) is 4. The van der Waals surface area contributed by atoms with Crippen molar-refractivity contribution >= 4 is 17.0 Å². The number of benzene rings is 1. The number of aryl methyl sites for hydroxylation is 2. The number of aromatic nitrogens is 4. The number of rotatable bonds is 6. The van der Waals surface area contributed by atoms with Gasteiger partial charge in [-0.1, -0.05) is 17.3 Å². The monoisotopic (exact) mass is 391 g/mol. The number of nitrogens with one attached hydrogen (secondary N) is 1. The number of hydrogen-bond donors (Lipinski definition) is 1. The summed E-state index contributed by atoms with van der Waals surface area (Å²) < 4.78 is 12.5. The van der Waals surface area contributed by atoms with Crippen molar-refractivity contribution in [3.05, 3.63) is 59.5 Å². The molecule has 8 heteroatoms. The number of hydrogen-bond acceptors (Lipinski definition) is 6. The van der Waals surface area contributed by atoms with Crippen LogP contribution in [0.1, 0.15) is 28.5 Å². The molecule has 3 aromatic heterocycles. The standard InChI is InChI=1S/C21H21N5O3/c1-4-26-12-14(11-23-26)10-22-20(27)17-8-13(2)24-21-18(17)19(25-29-21)15-6-5-7-16(9-15)28-3/h5-9,11-12H,4,10H2,1-3H3,(H,22,27). The Morgan fingerprint density at radius 2 is 2.17 bits per heavy atom. The first-order valence-electron chi connectivity index (χ1n) is 9.30. The van der Waals surface area contributed by atoms with E-state index < -0.39 is 0 Å². The van der Waals surface area contributed by atoms with Crippen molar-refractivity contribution in [2.24, 2.45) is 0 Å². The maximum absolute atomic E-state index is 13.0. The van der Waals surface area contributed by atoms with Crippen molar-refractivity contribution in [1.29, 1.82) is 0 Å². The van der Waals surface area contributed by atoms with Gasteiger partial charge in [0.25, 0.3) is 11.6 Å². The number of carbonyl (C=O) groups is 1. The molecule has 0 aliphatic heterocycles. The number of fused-ring (bicyclic) bond motifs is 1. The van der Waals surface area contributed by atoms with Gasteiger partial charge in [-0.15, -0.1) is 0 Å². The Bertz CT molecular complexity index is 1180. The quantitative estimate of drug-likeness (QED) is 0.542. The Morgan fingerprint density at radius 1 is 1.31 bits per heavy atom. The van der Waals surface area contributed by atoms with Crippen LogP contribution in [-0.4, -0.2) is 32.9 Å². The van der Waals surface area contributed by atoms with E-state index in [-0.39, 0.29) is 5.91 Å². The summed E-state index contributed by atoms with van der Waals surface area (Å²) in [6.45, 7) is 4.98. The summed E-state index contributed by atoms with van der Waals surface area (Å²) in [5.74, 6) is 0.467. The van der Waals surface area contributed by atoms with Crippen molar-refractivity contribution in [3.8, 4) is 17.0 Å². The molecule has 0 bridgehead atoms. The highest BCUT2D eigenvalue weighted by Crippen LogP contribution is 2.32. The average Bonchev–Trinajstić information content (AvgIpc) is 3.38. The Labute approximate surface area is 167 Å². The zero-order chi connectivity index (χ0) is 20.4. The fourth-order valence-corrected chi connectivity index (χ4v) is 3.17. The molecule has 29 heavy (non-hydrogen) atoms. The van der Waals surface area contributed by atoms with Crippen molar-refractivity contribution in [1.82, 2.24) is 25.2 Å². The van der Waals surface area contributed by atoms with Gasteiger partial charge in [-0.3, -0.25) is 9.48 Å². The second-order valence-electron chi connectivity index (χ2n) is 6.64. The first-order chi connectivity index (χ1) is 14.1. The Morgan fingerprint density at radius 3 is 2.93 bits per heavy atom. The van der Waals surface area contributed by atoms with Crippen LogP contribution in [0.5, 0.6) is 5.75 Å². The van der Waals surface area contributed by atoms with E-state index in [1.165, 1.54) is 0 Å². The van der Waals surface area contributed by atoms with Gasteiger partial charge in [-0.25, -0.2) is 4.98 Å². The number of carbonyl (C=O) groups excluding carboxylic acids is 1. The van der Waals surface area contributed by atoms with Crippen molar-refractivity contribution in [2.45, 2.75) is 26.9 Å². The van der Waals surface area contributed by atoms with Crippen LogP contribution >= 0.6 is 0 Å². The van der Waals surface area contributed by atoms with Gasteiger partial charge >= 0.3 is 0 Å². The molecule has 0 aliphatic carbocycles. The van der Waals surface area contributed by atoms with Gasteiger partial charge in [0.05, 0.1) is 24.3 Å². The maximum atomic E-state index is 13.0. The minimum atomic E-state index is -0.225. The van der Waals surface area contributed by atoms with E-state index in [0.29, 0.717) is 40.3 Å². The zero-order valence-corrected chi connectivity index (χ0v) is 16.5. The molecule has 0 atom stereocenters. The summed E-state index contributed by atoms with van der Waals surface area (Å²) in [7, 11) is 1.60. The maximum Gasteiger partial charge on any atom is 0.259 e. The van der Waals surface area contributed by atoms with Crippen LogP contribution in [0.25, 0.3) is 22.4 Å². The third kappa shape index (κ3) is 3.69. The number of pyridine rings is 1. The van der Waals surface area contributed by atoms with Crippen LogP contribution in [0.2, 0.25) is 0 Å². The molecule has 148 valence electrons. The predicted octanol–water partition coefficient (Wildman–Crippen LogP) is 3.35. The fourth-order valence-electron chi connectivity index (χ4n) is 3.17. The SMILES string of the molecule is CCn1cc(CNC(=O)c2cc(C)nc3onc(-c4cccc(OC)c4)c23)cn1. The van der Waals surface area contributed by atoms with Gasteiger partial charge < -0.3 is 14.6 Å². The van der Waals surface area contributed by atoms with Crippen LogP contribution in [0, 0.1) is 6.92 Å². The van der Waals surface area contributed by atoms with Crippen LogP contribution in [0.3, 0.4) is 0 Å². The highest BCUT2D eigenvalue weighted by atomic mass is 16.5. The lowest BCUT2D eigenvalue weighted by Crippen LogP contribution is -2.23. The van der Waals surface area contributed by atoms with Crippen LogP contribution < -0.4 is 10.1 Å². The lowest BCUT2D eigenvalue weighted by molar-refractivity contribution is 0.0952. The molecule has 0 radical (unpaired) electrons. The Kier molecular flexibility index (Phi) is 4.99. The number of methoxy groups -OCH3 is 1. The van der Waals surface area contributed by atoms with Gasteiger partial charge in [0, 0.05) is 36.1 Å². The van der Waals surface area contributed by atoms with Gasteiger partial charge in [-0.05, 0) is 32.0 Å². The highest BCUT2D eigenvalue weighted by molar-refractivity contribution is 6.09. The van der Waals surface area contributed by atoms with E-state index in [2.05, 4.69) is 20.6 Å². The molecule has 4 aromatic rings. The van der Waals surface area contributed by atoms with E-state index in [1.54, 1.807) is 19.4 Å². The second-order valence-corrected chi connectivity index (χ2v) is 6.64. The van der Waals surface area contributed by atoms with E-state index in [1.807, 2.05) is 49.0 Å². The van der Waals surface area contributed by atoms with Crippen LogP contribution in [0.4, 0.5) is 0 Å². The van der Waals surface area contributed by atoms with Crippen molar-refractivity contribution in [2.75, 3.05) is 7.11 Å². The summed E-state index contributed by atoms with van der Waals surface area (Å²) in [6.07, 6.45) is 3.66. The summed E-state index contributed by atoms with van der Waals surface area (Å²) in [4.78, 5) is 17.4. The van der Waals surface area contributed by atoms with Gasteiger partial charge in [0.1, 0.15) is 11.4 Å². The normalized spacial score (nSPS) is 11.0. The first-order valence-corrected chi connectivity index (χ1v) is 9.30. The highest BCUT2D eigenvalue weighted by Gasteiger charge is 2.21. The molecular weight excluding hydrogens is 370 g/mol. The van der Waals surface area contributed by atoms with Gasteiger partial charge in [0.15, 0.2) is 0 Å². The summed E-state index contributed by atoms with van der Waals surface area (Å²) in [6, 6.07) is 9.19. The summed E-state index contributed by atoms with van der Waals surface area (Å²) in [5, 5.41) is 11.9. The average molecular weight is 391 g/mol. The second kappa shape index (κ2) is 7.75. The summed E-state index contributed by atoms with van der Waals surface area (Å²) in [5.41, 5.74) is 3.74. The third-order valence-corrected chi connectivity index (χ3v) is 4.63. The Hall–Kier alpha value is -3.68. The lowest BCUT2D eigenvalue weighted by atomic mass is 10.0. The summed E-state index contributed by atoms with van der Waals surface area (Å²) >= 11 is 0. The largest absolute Gasteiger partial charge is 0.497 e. The van der Waals surface area contributed by atoms with Crippen LogP contribution in [0.15, 0.2) is 47.2 Å². The minimum absolute atomic E-state index is 0.225. The smallest absolute Gasteiger partial charge is 0.259 e. The molecule has 0 saturated carbocycles. The molecule has 1 aromatic carbocycles. The molecule has 4 rings (SSSR count). The Balaban J connectivity index is 1.71. The molecule has 1 amide bonds. The lowest BCUT2D eigenvalue weighted by Gasteiger charge is -2.07. The molecule has 0 spiro atoms. The van der Waals surface area contributed by atoms with Gasteiger partial charge in [-0.2, -0.15) is 5.10 Å². The molecule has 8 nitrogen and oxygen atoms in total. The molecule has 0 unspecified atom stereocenters. The van der Waals surface area contributed by atoms with E-state index in [4.69, 9.17) is 9.26 Å². The van der Waals surface area contributed by atoms with E-state index >= 15 is 0 Å². The van der Waals surface area contributed by atoms with Crippen molar-refractivity contribution < 1.29 is 14.1 Å². The molecular formula is C21H21N5O3. The topological polar surface area (TPSA) is 95.1 Å². The molecule has 0 aliphatic rings. The molecule has 1 N–H and O–H groups in total. The van der Waals surface area contributed by atoms with Gasteiger partial charge in [0.2, 0.25) is 0 Å². The third-order valence-electron chi connectivity index (χ3n) is 4.63. The zero-order valence-electron chi connectivity index (χ0n) is 16.5. The molecule has 3 heterocycles. The van der Waals surface area contributed by atoms with E-state index in [9.17, 15) is 4.79 Å². The molecule has 0 fully saturated rings. The first kappa shape index (κ1) is 18.7. The fraction of sp³-hybridized carbons (Fsp3) is 0.238.